The molecule has 1 amide bonds. The van der Waals surface area contributed by atoms with Crippen LogP contribution in [0.3, 0.4) is 0 Å². The SMILES string of the molecule is CCC(NC)NC(=O)c1[c]cccc1. The van der Waals surface area contributed by atoms with E-state index in [9.17, 15) is 4.79 Å². The lowest BCUT2D eigenvalue weighted by molar-refractivity contribution is 0.0930. The normalized spacial score (nSPS) is 12.1. The Morgan fingerprint density at radius 3 is 2.86 bits per heavy atom. The molecule has 0 aliphatic heterocycles. The third-order valence-corrected chi connectivity index (χ3v) is 2.02. The van der Waals surface area contributed by atoms with E-state index >= 15 is 0 Å². The zero-order valence-corrected chi connectivity index (χ0v) is 8.50. The van der Waals surface area contributed by atoms with E-state index in [4.69, 9.17) is 0 Å². The Kier molecular flexibility index (Phi) is 4.13. The van der Waals surface area contributed by atoms with Gasteiger partial charge in [0.15, 0.2) is 0 Å². The summed E-state index contributed by atoms with van der Waals surface area (Å²) in [6, 6.07) is 10.0. The van der Waals surface area contributed by atoms with Gasteiger partial charge < -0.3 is 10.6 Å². The molecule has 1 rings (SSSR count). The Labute approximate surface area is 84.5 Å². The lowest BCUT2D eigenvalue weighted by Gasteiger charge is -2.15. The first-order valence-corrected chi connectivity index (χ1v) is 4.72. The van der Waals surface area contributed by atoms with Crippen molar-refractivity contribution in [1.82, 2.24) is 10.6 Å². The number of hydrogen-bond donors (Lipinski definition) is 2. The molecule has 0 saturated carbocycles. The molecular formula is C11H15N2O. The van der Waals surface area contributed by atoms with Gasteiger partial charge in [-0.25, -0.2) is 0 Å². The lowest BCUT2D eigenvalue weighted by Crippen LogP contribution is -2.43. The molecule has 3 heteroatoms. The molecule has 0 aromatic heterocycles. The van der Waals surface area contributed by atoms with Crippen molar-refractivity contribution >= 4 is 5.91 Å². The number of benzene rings is 1. The minimum atomic E-state index is -0.0909. The fourth-order valence-corrected chi connectivity index (χ4v) is 1.15. The molecule has 0 aliphatic rings. The molecule has 0 saturated heterocycles. The molecule has 0 heterocycles. The summed E-state index contributed by atoms with van der Waals surface area (Å²) in [6.07, 6.45) is 0.880. The van der Waals surface area contributed by atoms with Crippen molar-refractivity contribution in [3.8, 4) is 0 Å². The summed E-state index contributed by atoms with van der Waals surface area (Å²) >= 11 is 0. The molecule has 0 bridgehead atoms. The van der Waals surface area contributed by atoms with Crippen LogP contribution in [0.25, 0.3) is 0 Å². The van der Waals surface area contributed by atoms with Gasteiger partial charge in [-0.2, -0.15) is 0 Å². The number of nitrogens with one attached hydrogen (secondary N) is 2. The molecule has 0 fully saturated rings. The molecule has 3 nitrogen and oxygen atoms in total. The number of carbonyl (C=O) groups excluding carboxylic acids is 1. The summed E-state index contributed by atoms with van der Waals surface area (Å²) in [4.78, 5) is 11.6. The van der Waals surface area contributed by atoms with Crippen LogP contribution in [0.5, 0.6) is 0 Å². The van der Waals surface area contributed by atoms with Gasteiger partial charge in [-0.3, -0.25) is 4.79 Å². The predicted octanol–water partition coefficient (Wildman–Crippen LogP) is 1.17. The van der Waals surface area contributed by atoms with Gasteiger partial charge in [0, 0.05) is 5.56 Å². The second-order valence-electron chi connectivity index (χ2n) is 3.00. The minimum absolute atomic E-state index is 0.0242. The van der Waals surface area contributed by atoms with Crippen LogP contribution >= 0.6 is 0 Å². The molecule has 0 aliphatic carbocycles. The van der Waals surface area contributed by atoms with Crippen molar-refractivity contribution < 1.29 is 4.79 Å². The first-order valence-electron chi connectivity index (χ1n) is 4.72. The maximum Gasteiger partial charge on any atom is 0.253 e. The van der Waals surface area contributed by atoms with E-state index in [1.807, 2.05) is 26.1 Å². The van der Waals surface area contributed by atoms with E-state index in [1.165, 1.54) is 0 Å². The van der Waals surface area contributed by atoms with Crippen LogP contribution in [0.1, 0.15) is 23.7 Å². The molecule has 0 spiro atoms. The Morgan fingerprint density at radius 2 is 2.36 bits per heavy atom. The van der Waals surface area contributed by atoms with Crippen molar-refractivity contribution in [2.75, 3.05) is 7.05 Å². The van der Waals surface area contributed by atoms with Crippen LogP contribution in [-0.4, -0.2) is 19.1 Å². The van der Waals surface area contributed by atoms with Crippen LogP contribution in [0.4, 0.5) is 0 Å². The van der Waals surface area contributed by atoms with E-state index in [0.29, 0.717) is 5.56 Å². The van der Waals surface area contributed by atoms with Crippen LogP contribution < -0.4 is 10.6 Å². The standard InChI is InChI=1S/C11H15N2O/c1-3-10(12-2)13-11(14)9-7-5-4-6-8-9/h4-7,10,12H,3H2,1-2H3,(H,13,14). The van der Waals surface area contributed by atoms with Gasteiger partial charge in [0.2, 0.25) is 0 Å². The third-order valence-electron chi connectivity index (χ3n) is 2.02. The Morgan fingerprint density at radius 1 is 1.57 bits per heavy atom. The van der Waals surface area contributed by atoms with Crippen LogP contribution in [-0.2, 0) is 0 Å². The molecule has 75 valence electrons. The number of rotatable bonds is 4. The Hall–Kier alpha value is -1.35. The minimum Gasteiger partial charge on any atom is -0.337 e. The third kappa shape index (κ3) is 2.85. The molecule has 14 heavy (non-hydrogen) atoms. The summed E-state index contributed by atoms with van der Waals surface area (Å²) in [5.74, 6) is -0.0909. The van der Waals surface area contributed by atoms with Gasteiger partial charge in [0.1, 0.15) is 0 Å². The average Bonchev–Trinajstić information content (AvgIpc) is 2.26. The molecule has 1 unspecified atom stereocenters. The quantitative estimate of drug-likeness (QED) is 0.701. The predicted molar refractivity (Wildman–Crippen MR) is 55.9 cm³/mol. The van der Waals surface area contributed by atoms with Crippen LogP contribution in [0, 0.1) is 6.07 Å². The van der Waals surface area contributed by atoms with Gasteiger partial charge in [-0.05, 0) is 25.6 Å². The van der Waals surface area contributed by atoms with Crippen molar-refractivity contribution in [2.24, 2.45) is 0 Å². The second kappa shape index (κ2) is 5.40. The molecule has 1 atom stereocenters. The summed E-state index contributed by atoms with van der Waals surface area (Å²) in [5.41, 5.74) is 0.571. The molecule has 1 aromatic carbocycles. The molecule has 2 N–H and O–H groups in total. The van der Waals surface area contributed by atoms with Gasteiger partial charge in [-0.1, -0.05) is 25.1 Å². The Balaban J connectivity index is 2.59. The van der Waals surface area contributed by atoms with E-state index in [1.54, 1.807) is 12.1 Å². The highest BCUT2D eigenvalue weighted by molar-refractivity contribution is 5.93. The summed E-state index contributed by atoms with van der Waals surface area (Å²) in [7, 11) is 1.82. The average molecular weight is 191 g/mol. The summed E-state index contributed by atoms with van der Waals surface area (Å²) < 4.78 is 0. The molecule has 1 aromatic rings. The van der Waals surface area contributed by atoms with E-state index in [-0.39, 0.29) is 12.1 Å². The molecule has 1 radical (unpaired) electrons. The van der Waals surface area contributed by atoms with Crippen molar-refractivity contribution in [3.63, 3.8) is 0 Å². The van der Waals surface area contributed by atoms with Gasteiger partial charge >= 0.3 is 0 Å². The van der Waals surface area contributed by atoms with Crippen LogP contribution in [0.2, 0.25) is 0 Å². The van der Waals surface area contributed by atoms with Gasteiger partial charge in [0.25, 0.3) is 5.91 Å². The number of hydrogen-bond acceptors (Lipinski definition) is 2. The monoisotopic (exact) mass is 191 g/mol. The highest BCUT2D eigenvalue weighted by atomic mass is 16.1. The maximum absolute atomic E-state index is 11.6. The van der Waals surface area contributed by atoms with E-state index in [0.717, 1.165) is 6.42 Å². The van der Waals surface area contributed by atoms with Gasteiger partial charge in [-0.15, -0.1) is 0 Å². The summed E-state index contributed by atoms with van der Waals surface area (Å²) in [6.45, 7) is 2.01. The first kappa shape index (κ1) is 10.7. The topological polar surface area (TPSA) is 41.1 Å². The lowest BCUT2D eigenvalue weighted by atomic mass is 10.2. The van der Waals surface area contributed by atoms with Crippen molar-refractivity contribution in [2.45, 2.75) is 19.5 Å². The highest BCUT2D eigenvalue weighted by Gasteiger charge is 2.09. The number of carbonyl (C=O) groups is 1. The fourth-order valence-electron chi connectivity index (χ4n) is 1.15. The van der Waals surface area contributed by atoms with Crippen molar-refractivity contribution in [3.05, 3.63) is 35.9 Å². The Bertz CT molecular complexity index is 281. The zero-order chi connectivity index (χ0) is 10.4. The smallest absolute Gasteiger partial charge is 0.253 e. The number of amides is 1. The van der Waals surface area contributed by atoms with Crippen LogP contribution in [0.15, 0.2) is 24.3 Å². The van der Waals surface area contributed by atoms with E-state index < -0.39 is 0 Å². The van der Waals surface area contributed by atoms with Gasteiger partial charge in [0.05, 0.1) is 6.17 Å². The fraction of sp³-hybridized carbons (Fsp3) is 0.364. The van der Waals surface area contributed by atoms with E-state index in [2.05, 4.69) is 16.7 Å². The second-order valence-corrected chi connectivity index (χ2v) is 3.00. The first-order chi connectivity index (χ1) is 6.77. The van der Waals surface area contributed by atoms with Crippen molar-refractivity contribution in [1.29, 1.82) is 0 Å². The molecular weight excluding hydrogens is 176 g/mol. The maximum atomic E-state index is 11.6. The largest absolute Gasteiger partial charge is 0.337 e. The zero-order valence-electron chi connectivity index (χ0n) is 8.50. The summed E-state index contributed by atoms with van der Waals surface area (Å²) in [5, 5.41) is 5.86. The highest BCUT2D eigenvalue weighted by Crippen LogP contribution is 1.97.